The summed E-state index contributed by atoms with van der Waals surface area (Å²) in [5.41, 5.74) is 7.42. The van der Waals surface area contributed by atoms with Gasteiger partial charge in [-0.25, -0.2) is 0 Å². The normalized spacial score (nSPS) is 10.9. The first-order chi connectivity index (χ1) is 14.3. The molecule has 0 saturated heterocycles. The predicted octanol–water partition coefficient (Wildman–Crippen LogP) is 8.60. The Morgan fingerprint density at radius 1 is 0.414 bits per heavy atom. The average molecular weight is 435 g/mol. The van der Waals surface area contributed by atoms with Crippen LogP contribution in [0.3, 0.4) is 0 Å². The zero-order valence-corrected chi connectivity index (χ0v) is 17.4. The van der Waals surface area contributed by atoms with Crippen LogP contribution in [0, 0.1) is 0 Å². The van der Waals surface area contributed by atoms with Crippen molar-refractivity contribution in [2.24, 2.45) is 0 Å². The number of hydrogen-bond acceptors (Lipinski definition) is 0. The van der Waals surface area contributed by atoms with Crippen LogP contribution in [0.1, 0.15) is 0 Å². The van der Waals surface area contributed by atoms with Crippen LogP contribution in [0.4, 0.5) is 0 Å². The Kier molecular flexibility index (Phi) is 4.75. The fraction of sp³-hybridized carbons (Fsp3) is 0. The fourth-order valence-corrected chi connectivity index (χ4v) is 4.26. The Balaban J connectivity index is 1.52. The number of rotatable bonds is 3. The largest absolute Gasteiger partial charge is 0.0616 e. The molecule has 5 aromatic rings. The molecule has 0 heterocycles. The van der Waals surface area contributed by atoms with Gasteiger partial charge in [0.1, 0.15) is 0 Å². The van der Waals surface area contributed by atoms with Gasteiger partial charge in [-0.05, 0) is 62.4 Å². The van der Waals surface area contributed by atoms with E-state index in [1.807, 2.05) is 0 Å². The van der Waals surface area contributed by atoms with Gasteiger partial charge in [-0.2, -0.15) is 0 Å². The molecule has 0 aromatic heterocycles. The van der Waals surface area contributed by atoms with Crippen LogP contribution in [0.2, 0.25) is 0 Å². The second-order valence-corrected chi connectivity index (χ2v) is 8.11. The van der Waals surface area contributed by atoms with E-state index >= 15 is 0 Å². The molecule has 0 aliphatic carbocycles. The number of benzene rings is 5. The van der Waals surface area contributed by atoms with Crippen LogP contribution >= 0.6 is 15.9 Å². The topological polar surface area (TPSA) is 0 Å². The monoisotopic (exact) mass is 434 g/mol. The standard InChI is InChI=1S/C28H19Br/c29-26-11-4-10-25(19-26)24-9-3-8-23(18-24)20-14-16-22(17-15-20)28-13-5-7-21-6-1-2-12-27(21)28/h1-19H. The summed E-state index contributed by atoms with van der Waals surface area (Å²) in [6.45, 7) is 0. The van der Waals surface area contributed by atoms with Crippen molar-refractivity contribution in [1.82, 2.24) is 0 Å². The van der Waals surface area contributed by atoms with E-state index in [2.05, 4.69) is 131 Å². The molecule has 0 aliphatic rings. The van der Waals surface area contributed by atoms with Crippen molar-refractivity contribution in [3.05, 3.63) is 120 Å². The van der Waals surface area contributed by atoms with Crippen molar-refractivity contribution in [3.63, 3.8) is 0 Å². The molecule has 29 heavy (non-hydrogen) atoms. The Hall–Kier alpha value is -3.16. The van der Waals surface area contributed by atoms with Crippen LogP contribution < -0.4 is 0 Å². The van der Waals surface area contributed by atoms with Crippen molar-refractivity contribution in [2.75, 3.05) is 0 Å². The first kappa shape index (κ1) is 17.9. The Morgan fingerprint density at radius 2 is 1.00 bits per heavy atom. The summed E-state index contributed by atoms with van der Waals surface area (Å²) >= 11 is 3.57. The molecule has 0 unspecified atom stereocenters. The third-order valence-corrected chi connectivity index (χ3v) is 5.83. The zero-order chi connectivity index (χ0) is 19.6. The molecule has 0 fully saturated rings. The van der Waals surface area contributed by atoms with Crippen LogP contribution in [-0.4, -0.2) is 0 Å². The van der Waals surface area contributed by atoms with Gasteiger partial charge in [0.2, 0.25) is 0 Å². The second kappa shape index (κ2) is 7.69. The van der Waals surface area contributed by atoms with Crippen LogP contribution in [0.15, 0.2) is 120 Å². The maximum absolute atomic E-state index is 3.57. The molecule has 0 atom stereocenters. The molecule has 0 amide bonds. The maximum Gasteiger partial charge on any atom is 0.0181 e. The molecule has 0 aliphatic heterocycles. The smallest absolute Gasteiger partial charge is 0.0181 e. The van der Waals surface area contributed by atoms with E-state index in [1.54, 1.807) is 0 Å². The second-order valence-electron chi connectivity index (χ2n) is 7.20. The predicted molar refractivity (Wildman–Crippen MR) is 128 cm³/mol. The van der Waals surface area contributed by atoms with Crippen molar-refractivity contribution in [1.29, 1.82) is 0 Å². The molecule has 0 radical (unpaired) electrons. The minimum absolute atomic E-state index is 1.10. The molecular formula is C28H19Br. The third kappa shape index (κ3) is 3.62. The molecular weight excluding hydrogens is 416 g/mol. The van der Waals surface area contributed by atoms with Gasteiger partial charge >= 0.3 is 0 Å². The number of fused-ring (bicyclic) bond motifs is 1. The van der Waals surface area contributed by atoms with E-state index < -0.39 is 0 Å². The highest BCUT2D eigenvalue weighted by Crippen LogP contribution is 2.32. The lowest BCUT2D eigenvalue weighted by atomic mass is 9.95. The molecule has 0 saturated carbocycles. The zero-order valence-electron chi connectivity index (χ0n) is 15.8. The van der Waals surface area contributed by atoms with E-state index in [4.69, 9.17) is 0 Å². The highest BCUT2D eigenvalue weighted by atomic mass is 79.9. The summed E-state index contributed by atoms with van der Waals surface area (Å²) in [5, 5.41) is 2.57. The molecule has 0 N–H and O–H groups in total. The molecule has 5 rings (SSSR count). The lowest BCUT2D eigenvalue weighted by Gasteiger charge is -2.10. The Labute approximate surface area is 179 Å². The van der Waals surface area contributed by atoms with Gasteiger partial charge in [-0.3, -0.25) is 0 Å². The summed E-state index contributed by atoms with van der Waals surface area (Å²) in [5.74, 6) is 0. The van der Waals surface area contributed by atoms with Crippen molar-refractivity contribution >= 4 is 26.7 Å². The van der Waals surface area contributed by atoms with Crippen molar-refractivity contribution < 1.29 is 0 Å². The third-order valence-electron chi connectivity index (χ3n) is 5.34. The Morgan fingerprint density at radius 3 is 1.79 bits per heavy atom. The van der Waals surface area contributed by atoms with Gasteiger partial charge in [-0.15, -0.1) is 0 Å². The fourth-order valence-electron chi connectivity index (χ4n) is 3.87. The lowest BCUT2D eigenvalue weighted by Crippen LogP contribution is -1.84. The summed E-state index contributed by atoms with van der Waals surface area (Å²) < 4.78 is 1.10. The summed E-state index contributed by atoms with van der Waals surface area (Å²) in [4.78, 5) is 0. The maximum atomic E-state index is 3.57. The minimum atomic E-state index is 1.10. The molecule has 0 bridgehead atoms. The summed E-state index contributed by atoms with van der Waals surface area (Å²) in [6.07, 6.45) is 0. The van der Waals surface area contributed by atoms with E-state index in [-0.39, 0.29) is 0 Å². The molecule has 0 nitrogen and oxygen atoms in total. The first-order valence-corrected chi connectivity index (χ1v) is 10.5. The Bertz CT molecular complexity index is 1290. The van der Waals surface area contributed by atoms with Gasteiger partial charge in [0.05, 0.1) is 0 Å². The van der Waals surface area contributed by atoms with Gasteiger partial charge in [0.15, 0.2) is 0 Å². The van der Waals surface area contributed by atoms with E-state index in [0.717, 1.165) is 4.47 Å². The summed E-state index contributed by atoms with van der Waals surface area (Å²) in [6, 6.07) is 41.1. The highest BCUT2D eigenvalue weighted by molar-refractivity contribution is 9.10. The lowest BCUT2D eigenvalue weighted by molar-refractivity contribution is 1.57. The van der Waals surface area contributed by atoms with Crippen LogP contribution in [0.25, 0.3) is 44.2 Å². The van der Waals surface area contributed by atoms with E-state index in [0.29, 0.717) is 0 Å². The van der Waals surface area contributed by atoms with Gasteiger partial charge < -0.3 is 0 Å². The summed E-state index contributed by atoms with van der Waals surface area (Å²) in [7, 11) is 0. The molecule has 138 valence electrons. The minimum Gasteiger partial charge on any atom is -0.0616 e. The SMILES string of the molecule is Brc1cccc(-c2cccc(-c3ccc(-c4cccc5ccccc45)cc3)c2)c1. The van der Waals surface area contributed by atoms with Gasteiger partial charge in [0.25, 0.3) is 0 Å². The first-order valence-electron chi connectivity index (χ1n) is 9.72. The average Bonchev–Trinajstić information content (AvgIpc) is 2.79. The molecule has 0 spiro atoms. The van der Waals surface area contributed by atoms with Gasteiger partial charge in [-0.1, -0.05) is 113 Å². The quantitative estimate of drug-likeness (QED) is 0.266. The molecule has 5 aromatic carbocycles. The van der Waals surface area contributed by atoms with Crippen molar-refractivity contribution in [3.8, 4) is 33.4 Å². The van der Waals surface area contributed by atoms with Crippen molar-refractivity contribution in [2.45, 2.75) is 0 Å². The van der Waals surface area contributed by atoms with E-state index in [9.17, 15) is 0 Å². The van der Waals surface area contributed by atoms with Gasteiger partial charge in [0, 0.05) is 4.47 Å². The highest BCUT2D eigenvalue weighted by Gasteiger charge is 2.06. The number of hydrogen-bond donors (Lipinski definition) is 0. The van der Waals surface area contributed by atoms with Crippen LogP contribution in [0.5, 0.6) is 0 Å². The number of halogens is 1. The van der Waals surface area contributed by atoms with Crippen LogP contribution in [-0.2, 0) is 0 Å². The molecule has 1 heteroatoms. The van der Waals surface area contributed by atoms with E-state index in [1.165, 1.54) is 44.2 Å².